The maximum Gasteiger partial charge on any atom is 0.261 e. The number of amides is 1. The molecule has 0 atom stereocenters. The maximum absolute atomic E-state index is 12.9. The molecule has 0 saturated heterocycles. The van der Waals surface area contributed by atoms with E-state index in [2.05, 4.69) is 10.3 Å². The summed E-state index contributed by atoms with van der Waals surface area (Å²) in [6.45, 7) is 5.04. The van der Waals surface area contributed by atoms with Crippen LogP contribution in [0.15, 0.2) is 52.2 Å². The van der Waals surface area contributed by atoms with Crippen LogP contribution in [-0.4, -0.2) is 41.3 Å². The van der Waals surface area contributed by atoms with Crippen LogP contribution in [0.1, 0.15) is 49.3 Å². The van der Waals surface area contributed by atoms with Gasteiger partial charge in [0.1, 0.15) is 5.82 Å². The summed E-state index contributed by atoms with van der Waals surface area (Å²) >= 11 is 0. The summed E-state index contributed by atoms with van der Waals surface area (Å²) in [5.41, 5.74) is 1.32. The van der Waals surface area contributed by atoms with Crippen molar-refractivity contribution in [1.82, 2.24) is 13.9 Å². The van der Waals surface area contributed by atoms with E-state index in [0.29, 0.717) is 41.8 Å². The minimum atomic E-state index is -3.56. The molecule has 0 radical (unpaired) electrons. The Morgan fingerprint density at radius 3 is 2.48 bits per heavy atom. The van der Waals surface area contributed by atoms with E-state index in [4.69, 9.17) is 0 Å². The van der Waals surface area contributed by atoms with Crippen LogP contribution in [0.25, 0.3) is 10.9 Å². The van der Waals surface area contributed by atoms with Gasteiger partial charge in [-0.1, -0.05) is 20.3 Å². The van der Waals surface area contributed by atoms with E-state index in [0.717, 1.165) is 31.5 Å². The van der Waals surface area contributed by atoms with Gasteiger partial charge >= 0.3 is 0 Å². The third-order valence-corrected chi connectivity index (χ3v) is 8.10. The van der Waals surface area contributed by atoms with Crippen LogP contribution in [0.2, 0.25) is 0 Å². The number of aryl methyl sites for hydroxylation is 1. The summed E-state index contributed by atoms with van der Waals surface area (Å²) in [5, 5.41) is 3.29. The number of rotatable bonds is 6. The molecule has 1 aromatic heterocycles. The standard InChI is InChI=1S/C24H28N4O4S/c1-3-27(4-2)33(31,32)19-12-10-18(11-13-19)25-23(29)17-9-14-20-21(16-17)26-22-8-6-5-7-15-28(22)24(20)30/h9-14,16H,3-8,15H2,1-2H3,(H,25,29). The first-order valence-corrected chi connectivity index (χ1v) is 12.7. The van der Waals surface area contributed by atoms with Gasteiger partial charge in [-0.05, 0) is 55.3 Å². The predicted molar refractivity (Wildman–Crippen MR) is 128 cm³/mol. The van der Waals surface area contributed by atoms with E-state index in [1.54, 1.807) is 48.7 Å². The van der Waals surface area contributed by atoms with E-state index >= 15 is 0 Å². The fourth-order valence-corrected chi connectivity index (χ4v) is 5.64. The molecule has 0 spiro atoms. The highest BCUT2D eigenvalue weighted by molar-refractivity contribution is 7.89. The molecule has 1 N–H and O–H groups in total. The molecule has 1 amide bonds. The van der Waals surface area contributed by atoms with Gasteiger partial charge in [-0.25, -0.2) is 13.4 Å². The number of carbonyl (C=O) groups excluding carboxylic acids is 1. The highest BCUT2D eigenvalue weighted by Gasteiger charge is 2.21. The highest BCUT2D eigenvalue weighted by atomic mass is 32.2. The highest BCUT2D eigenvalue weighted by Crippen LogP contribution is 2.20. The molecule has 9 heteroatoms. The Kier molecular flexibility index (Phi) is 6.62. The fraction of sp³-hybridized carbons (Fsp3) is 0.375. The minimum absolute atomic E-state index is 0.0612. The van der Waals surface area contributed by atoms with Crippen LogP contribution < -0.4 is 10.9 Å². The van der Waals surface area contributed by atoms with E-state index in [-0.39, 0.29) is 16.4 Å². The Balaban J connectivity index is 1.57. The molecule has 4 rings (SSSR count). The van der Waals surface area contributed by atoms with Crippen molar-refractivity contribution in [3.63, 3.8) is 0 Å². The van der Waals surface area contributed by atoms with Crippen molar-refractivity contribution in [2.24, 2.45) is 0 Å². The Morgan fingerprint density at radius 1 is 1.06 bits per heavy atom. The van der Waals surface area contributed by atoms with Crippen molar-refractivity contribution < 1.29 is 13.2 Å². The first kappa shape index (κ1) is 23.1. The fourth-order valence-electron chi connectivity index (χ4n) is 4.19. The third-order valence-electron chi connectivity index (χ3n) is 6.03. The van der Waals surface area contributed by atoms with Gasteiger partial charge in [0.15, 0.2) is 0 Å². The number of nitrogens with one attached hydrogen (secondary N) is 1. The maximum atomic E-state index is 12.9. The van der Waals surface area contributed by atoms with Gasteiger partial charge < -0.3 is 5.32 Å². The number of fused-ring (bicyclic) bond motifs is 2. The van der Waals surface area contributed by atoms with Crippen molar-refractivity contribution in [3.05, 3.63) is 64.2 Å². The van der Waals surface area contributed by atoms with Crippen LogP contribution >= 0.6 is 0 Å². The average Bonchev–Trinajstić information content (AvgIpc) is 3.05. The van der Waals surface area contributed by atoms with Crippen LogP contribution in [-0.2, 0) is 23.0 Å². The summed E-state index contributed by atoms with van der Waals surface area (Å²) in [4.78, 5) is 30.5. The number of anilines is 1. The Morgan fingerprint density at radius 2 is 1.79 bits per heavy atom. The lowest BCUT2D eigenvalue weighted by Crippen LogP contribution is -2.30. The predicted octanol–water partition coefficient (Wildman–Crippen LogP) is 3.41. The molecule has 1 aliphatic heterocycles. The van der Waals surface area contributed by atoms with Crippen molar-refractivity contribution in [1.29, 1.82) is 0 Å². The molecule has 0 unspecified atom stereocenters. The summed E-state index contributed by atoms with van der Waals surface area (Å²) < 4.78 is 28.4. The number of carbonyl (C=O) groups is 1. The smallest absolute Gasteiger partial charge is 0.261 e. The Labute approximate surface area is 193 Å². The average molecular weight is 469 g/mol. The van der Waals surface area contributed by atoms with Gasteiger partial charge in [-0.2, -0.15) is 4.31 Å². The van der Waals surface area contributed by atoms with E-state index in [9.17, 15) is 18.0 Å². The largest absolute Gasteiger partial charge is 0.322 e. The molecule has 8 nitrogen and oxygen atoms in total. The molecular formula is C24H28N4O4S. The van der Waals surface area contributed by atoms with Gasteiger partial charge in [0.05, 0.1) is 15.8 Å². The van der Waals surface area contributed by atoms with Gasteiger partial charge in [0.25, 0.3) is 11.5 Å². The number of aromatic nitrogens is 2. The van der Waals surface area contributed by atoms with Crippen molar-refractivity contribution >= 4 is 32.5 Å². The zero-order valence-corrected chi connectivity index (χ0v) is 19.7. The number of nitrogens with zero attached hydrogens (tertiary/aromatic N) is 3. The van der Waals surface area contributed by atoms with Crippen molar-refractivity contribution in [2.75, 3.05) is 18.4 Å². The van der Waals surface area contributed by atoms with Crippen molar-refractivity contribution in [2.45, 2.75) is 51.0 Å². The quantitative estimate of drug-likeness (QED) is 0.597. The zero-order chi connectivity index (χ0) is 23.6. The first-order valence-electron chi connectivity index (χ1n) is 11.3. The van der Waals surface area contributed by atoms with Crippen LogP contribution in [0.4, 0.5) is 5.69 Å². The lowest BCUT2D eigenvalue weighted by Gasteiger charge is -2.18. The molecule has 3 aromatic rings. The molecule has 2 aromatic carbocycles. The first-order chi connectivity index (χ1) is 15.8. The molecule has 2 heterocycles. The van der Waals surface area contributed by atoms with Gasteiger partial charge in [0, 0.05) is 37.3 Å². The molecule has 0 saturated carbocycles. The Hall–Kier alpha value is -3.04. The van der Waals surface area contributed by atoms with Crippen LogP contribution in [0.3, 0.4) is 0 Å². The van der Waals surface area contributed by atoms with E-state index in [1.165, 1.54) is 16.4 Å². The number of hydrogen-bond donors (Lipinski definition) is 1. The lowest BCUT2D eigenvalue weighted by atomic mass is 10.1. The monoisotopic (exact) mass is 468 g/mol. The second-order valence-electron chi connectivity index (χ2n) is 8.10. The van der Waals surface area contributed by atoms with Gasteiger partial charge in [-0.3, -0.25) is 14.2 Å². The van der Waals surface area contributed by atoms with Crippen LogP contribution in [0.5, 0.6) is 0 Å². The number of sulfonamides is 1. The molecule has 0 aliphatic carbocycles. The Bertz CT molecular complexity index is 1340. The number of hydrogen-bond acceptors (Lipinski definition) is 5. The normalized spacial score (nSPS) is 14.2. The molecular weight excluding hydrogens is 440 g/mol. The summed E-state index contributed by atoms with van der Waals surface area (Å²) in [6, 6.07) is 11.0. The van der Waals surface area contributed by atoms with E-state index < -0.39 is 10.0 Å². The van der Waals surface area contributed by atoms with Gasteiger partial charge in [0.2, 0.25) is 10.0 Å². The second-order valence-corrected chi connectivity index (χ2v) is 10.0. The second kappa shape index (κ2) is 9.44. The summed E-state index contributed by atoms with van der Waals surface area (Å²) in [5.74, 6) is 0.417. The molecule has 174 valence electrons. The zero-order valence-electron chi connectivity index (χ0n) is 18.9. The molecule has 1 aliphatic rings. The summed E-state index contributed by atoms with van der Waals surface area (Å²) in [6.07, 6.45) is 3.79. The van der Waals surface area contributed by atoms with Crippen LogP contribution in [0, 0.1) is 0 Å². The topological polar surface area (TPSA) is 101 Å². The number of benzene rings is 2. The SMILES string of the molecule is CCN(CC)S(=O)(=O)c1ccc(NC(=O)c2ccc3c(=O)n4c(nc3c2)CCCCC4)cc1. The molecule has 0 bridgehead atoms. The summed E-state index contributed by atoms with van der Waals surface area (Å²) in [7, 11) is -3.56. The van der Waals surface area contributed by atoms with Gasteiger partial charge in [-0.15, -0.1) is 0 Å². The third kappa shape index (κ3) is 4.56. The lowest BCUT2D eigenvalue weighted by molar-refractivity contribution is 0.102. The molecule has 33 heavy (non-hydrogen) atoms. The molecule has 0 fully saturated rings. The van der Waals surface area contributed by atoms with E-state index in [1.807, 2.05) is 0 Å². The minimum Gasteiger partial charge on any atom is -0.322 e. The van der Waals surface area contributed by atoms with Crippen molar-refractivity contribution in [3.8, 4) is 0 Å².